The molecular formula is C33H36FN3O6. The number of benzene rings is 2. The van der Waals surface area contributed by atoms with E-state index in [-0.39, 0.29) is 11.9 Å². The Hall–Kier alpha value is -3.57. The van der Waals surface area contributed by atoms with Crippen LogP contribution >= 0.6 is 0 Å². The summed E-state index contributed by atoms with van der Waals surface area (Å²) in [6.45, 7) is 5.68. The van der Waals surface area contributed by atoms with E-state index in [1.807, 2.05) is 21.6 Å². The van der Waals surface area contributed by atoms with Crippen LogP contribution in [0.3, 0.4) is 0 Å². The number of amides is 1. The van der Waals surface area contributed by atoms with E-state index in [0.717, 1.165) is 31.6 Å². The third-order valence-electron chi connectivity index (χ3n) is 9.26. The summed E-state index contributed by atoms with van der Waals surface area (Å²) in [6.07, 6.45) is 1.68. The van der Waals surface area contributed by atoms with E-state index in [1.54, 1.807) is 12.1 Å². The standard InChI is InChI=1S/C33H36FN3O6/c1-40-32(39)28-18-29(36-9-8-33(19-30(28)36)42-14-15-43-33)27-17-24(34)6-7-26(27)31(38)37-20-23-5-3-2-4-22(23)16-25(37)21-35-10-12-41-13-11-35/h2-7,17-18,25H,8-16,19-21H2,1H3/t25-/m0/s1. The van der Waals surface area contributed by atoms with Crippen molar-refractivity contribution < 1.29 is 32.9 Å². The van der Waals surface area contributed by atoms with E-state index >= 15 is 0 Å². The summed E-state index contributed by atoms with van der Waals surface area (Å²) >= 11 is 0. The molecule has 0 N–H and O–H groups in total. The molecule has 43 heavy (non-hydrogen) atoms. The third kappa shape index (κ3) is 5.26. The minimum atomic E-state index is -0.789. The molecule has 226 valence electrons. The summed E-state index contributed by atoms with van der Waals surface area (Å²) in [4.78, 5) is 31.8. The maximum Gasteiger partial charge on any atom is 0.339 e. The lowest BCUT2D eigenvalue weighted by Crippen LogP contribution is -2.52. The molecule has 0 aliphatic carbocycles. The Morgan fingerprint density at radius 3 is 2.51 bits per heavy atom. The van der Waals surface area contributed by atoms with Gasteiger partial charge in [-0.05, 0) is 41.8 Å². The van der Waals surface area contributed by atoms with Gasteiger partial charge in [0.15, 0.2) is 5.79 Å². The number of aromatic nitrogens is 1. The lowest BCUT2D eigenvalue weighted by molar-refractivity contribution is -0.169. The summed E-state index contributed by atoms with van der Waals surface area (Å²) in [5.41, 5.74) is 4.90. The van der Waals surface area contributed by atoms with Gasteiger partial charge < -0.3 is 28.4 Å². The highest BCUT2D eigenvalue weighted by molar-refractivity contribution is 6.02. The number of nitrogens with zero attached hydrogens (tertiary/aromatic N) is 3. The van der Waals surface area contributed by atoms with Crippen LogP contribution in [0.25, 0.3) is 11.3 Å². The van der Waals surface area contributed by atoms with Crippen molar-refractivity contribution in [2.45, 2.75) is 44.2 Å². The largest absolute Gasteiger partial charge is 0.465 e. The van der Waals surface area contributed by atoms with Gasteiger partial charge in [0, 0.05) is 68.4 Å². The molecular weight excluding hydrogens is 553 g/mol. The second kappa shape index (κ2) is 11.5. The van der Waals surface area contributed by atoms with Gasteiger partial charge in [0.05, 0.1) is 44.8 Å². The van der Waals surface area contributed by atoms with Crippen LogP contribution in [0.2, 0.25) is 0 Å². The van der Waals surface area contributed by atoms with E-state index in [9.17, 15) is 14.0 Å². The van der Waals surface area contributed by atoms with Crippen LogP contribution in [0.4, 0.5) is 4.39 Å². The van der Waals surface area contributed by atoms with Crippen LogP contribution in [0.1, 0.15) is 44.0 Å². The van der Waals surface area contributed by atoms with Gasteiger partial charge in [0.2, 0.25) is 0 Å². The number of ether oxygens (including phenoxy) is 4. The predicted octanol–water partition coefficient (Wildman–Crippen LogP) is 3.67. The number of hydrogen-bond acceptors (Lipinski definition) is 7. The molecule has 1 spiro atoms. The van der Waals surface area contributed by atoms with Crippen molar-refractivity contribution in [3.63, 3.8) is 0 Å². The van der Waals surface area contributed by atoms with Gasteiger partial charge in [-0.15, -0.1) is 0 Å². The molecule has 1 amide bonds. The van der Waals surface area contributed by atoms with Crippen molar-refractivity contribution in [1.29, 1.82) is 0 Å². The molecule has 10 heteroatoms. The van der Waals surface area contributed by atoms with E-state index < -0.39 is 17.6 Å². The van der Waals surface area contributed by atoms with E-state index in [4.69, 9.17) is 18.9 Å². The second-order valence-electron chi connectivity index (χ2n) is 11.7. The molecule has 0 bridgehead atoms. The zero-order chi connectivity index (χ0) is 29.6. The third-order valence-corrected chi connectivity index (χ3v) is 9.26. The fourth-order valence-corrected chi connectivity index (χ4v) is 7.05. The smallest absolute Gasteiger partial charge is 0.339 e. The van der Waals surface area contributed by atoms with Gasteiger partial charge in [-0.25, -0.2) is 9.18 Å². The minimum absolute atomic E-state index is 0.0539. The van der Waals surface area contributed by atoms with Crippen molar-refractivity contribution >= 4 is 11.9 Å². The first kappa shape index (κ1) is 28.2. The second-order valence-corrected chi connectivity index (χ2v) is 11.7. The molecule has 9 nitrogen and oxygen atoms in total. The van der Waals surface area contributed by atoms with Gasteiger partial charge in [0.1, 0.15) is 5.82 Å². The topological polar surface area (TPSA) is 82.5 Å². The molecule has 5 heterocycles. The molecule has 1 atom stereocenters. The van der Waals surface area contributed by atoms with Gasteiger partial charge in [-0.2, -0.15) is 0 Å². The molecule has 4 aliphatic heterocycles. The van der Waals surface area contributed by atoms with E-state index in [2.05, 4.69) is 17.0 Å². The monoisotopic (exact) mass is 589 g/mol. The minimum Gasteiger partial charge on any atom is -0.465 e. The summed E-state index contributed by atoms with van der Waals surface area (Å²) in [5, 5.41) is 0. The number of methoxy groups -OCH3 is 1. The summed E-state index contributed by atoms with van der Waals surface area (Å²) < 4.78 is 39.5. The Labute approximate surface area is 250 Å². The fourth-order valence-electron chi connectivity index (χ4n) is 7.05. The van der Waals surface area contributed by atoms with Crippen molar-refractivity contribution in [3.05, 3.63) is 82.3 Å². The van der Waals surface area contributed by atoms with E-state index in [0.29, 0.717) is 80.4 Å². The first-order valence-corrected chi connectivity index (χ1v) is 15.0. The van der Waals surface area contributed by atoms with Gasteiger partial charge in [-0.1, -0.05) is 24.3 Å². The Balaban J connectivity index is 1.28. The Bertz CT molecular complexity index is 1540. The SMILES string of the molecule is COC(=O)c1cc(-c2cc(F)ccc2C(=O)N2Cc3ccccc3C[C@H]2CN2CCOCC2)n2c1CC1(CC2)OCCO1. The molecule has 2 saturated heterocycles. The first-order chi connectivity index (χ1) is 20.9. The number of carbonyl (C=O) groups is 2. The number of carbonyl (C=O) groups excluding carboxylic acids is 2. The molecule has 2 fully saturated rings. The first-order valence-electron chi connectivity index (χ1n) is 15.0. The fraction of sp³-hybridized carbons (Fsp3) is 0.455. The number of morpholine rings is 1. The van der Waals surface area contributed by atoms with Crippen LogP contribution in [0.5, 0.6) is 0 Å². The number of fused-ring (bicyclic) bond motifs is 2. The summed E-state index contributed by atoms with van der Waals surface area (Å²) in [5.74, 6) is -1.89. The van der Waals surface area contributed by atoms with Gasteiger partial charge in [0.25, 0.3) is 5.91 Å². The highest BCUT2D eigenvalue weighted by Crippen LogP contribution is 2.40. The van der Waals surface area contributed by atoms with Crippen LogP contribution in [0.15, 0.2) is 48.5 Å². The predicted molar refractivity (Wildman–Crippen MR) is 155 cm³/mol. The average Bonchev–Trinajstić information content (AvgIpc) is 3.65. The van der Waals surface area contributed by atoms with Crippen molar-refractivity contribution in [1.82, 2.24) is 14.4 Å². The average molecular weight is 590 g/mol. The highest BCUT2D eigenvalue weighted by atomic mass is 19.1. The molecule has 4 aliphatic rings. The summed E-state index contributed by atoms with van der Waals surface area (Å²) in [7, 11) is 1.34. The number of rotatable bonds is 5. The zero-order valence-corrected chi connectivity index (χ0v) is 24.4. The van der Waals surface area contributed by atoms with Crippen LogP contribution in [-0.2, 0) is 44.9 Å². The maximum atomic E-state index is 14.9. The van der Waals surface area contributed by atoms with Crippen molar-refractivity contribution in [3.8, 4) is 11.3 Å². The highest BCUT2D eigenvalue weighted by Gasteiger charge is 2.43. The Morgan fingerprint density at radius 2 is 1.74 bits per heavy atom. The number of halogens is 1. The maximum absolute atomic E-state index is 14.9. The molecule has 3 aromatic rings. The van der Waals surface area contributed by atoms with Crippen LogP contribution < -0.4 is 0 Å². The van der Waals surface area contributed by atoms with Gasteiger partial charge >= 0.3 is 5.97 Å². The van der Waals surface area contributed by atoms with Crippen LogP contribution in [0, 0.1) is 5.82 Å². The molecule has 0 unspecified atom stereocenters. The van der Waals surface area contributed by atoms with Crippen molar-refractivity contribution in [2.24, 2.45) is 0 Å². The number of esters is 1. The zero-order valence-electron chi connectivity index (χ0n) is 24.4. The Morgan fingerprint density at radius 1 is 0.977 bits per heavy atom. The number of hydrogen-bond donors (Lipinski definition) is 0. The quantitative estimate of drug-likeness (QED) is 0.420. The lowest BCUT2D eigenvalue weighted by atomic mass is 9.92. The van der Waals surface area contributed by atoms with Crippen LogP contribution in [-0.4, -0.2) is 91.2 Å². The lowest BCUT2D eigenvalue weighted by Gasteiger charge is -2.40. The molecule has 1 aromatic heterocycles. The Kier molecular flexibility index (Phi) is 7.54. The molecule has 0 radical (unpaired) electrons. The summed E-state index contributed by atoms with van der Waals surface area (Å²) in [6, 6.07) is 14.2. The molecule has 0 saturated carbocycles. The van der Waals surface area contributed by atoms with Crippen molar-refractivity contribution in [2.75, 3.05) is 53.2 Å². The normalized spacial score (nSPS) is 21.4. The molecule has 2 aromatic carbocycles. The van der Waals surface area contributed by atoms with Gasteiger partial charge in [-0.3, -0.25) is 9.69 Å². The van der Waals surface area contributed by atoms with E-state index in [1.165, 1.54) is 24.8 Å². The molecule has 7 rings (SSSR count).